The third kappa shape index (κ3) is 4.76. The molecule has 0 aromatic heterocycles. The summed E-state index contributed by atoms with van der Waals surface area (Å²) in [7, 11) is 0. The fraction of sp³-hybridized carbons (Fsp3) is 0.125. The number of hydrogen-bond acceptors (Lipinski definition) is 3. The molecule has 0 fully saturated rings. The summed E-state index contributed by atoms with van der Waals surface area (Å²) in [6, 6.07) is 16.6. The Morgan fingerprint density at radius 2 is 2.05 bits per heavy atom. The fourth-order valence-electron chi connectivity index (χ4n) is 1.72. The fourth-order valence-corrected chi connectivity index (χ4v) is 2.24. The second-order valence-electron chi connectivity index (χ2n) is 4.26. The highest BCUT2D eigenvalue weighted by molar-refractivity contribution is 14.1. The van der Waals surface area contributed by atoms with E-state index < -0.39 is 0 Å². The molecule has 0 unspecified atom stereocenters. The van der Waals surface area contributed by atoms with E-state index in [9.17, 15) is 4.79 Å². The van der Waals surface area contributed by atoms with E-state index in [2.05, 4.69) is 27.9 Å². The zero-order chi connectivity index (χ0) is 15.1. The van der Waals surface area contributed by atoms with Gasteiger partial charge in [0.05, 0.1) is 24.3 Å². The van der Waals surface area contributed by atoms with Crippen molar-refractivity contribution in [3.8, 4) is 11.8 Å². The van der Waals surface area contributed by atoms with Gasteiger partial charge >= 0.3 is 0 Å². The first-order valence-electron chi connectivity index (χ1n) is 6.36. The van der Waals surface area contributed by atoms with E-state index in [1.54, 1.807) is 24.3 Å². The number of anilines is 1. The van der Waals surface area contributed by atoms with Crippen LogP contribution in [0.15, 0.2) is 48.5 Å². The molecule has 0 aliphatic rings. The largest absolute Gasteiger partial charge is 0.493 e. The smallest absolute Gasteiger partial charge is 0.227 e. The minimum atomic E-state index is -0.177. The summed E-state index contributed by atoms with van der Waals surface area (Å²) < 4.78 is 6.60. The van der Waals surface area contributed by atoms with Gasteiger partial charge in [0.15, 0.2) is 0 Å². The molecule has 0 saturated carbocycles. The normalized spacial score (nSPS) is 9.71. The topological polar surface area (TPSA) is 62.1 Å². The summed E-state index contributed by atoms with van der Waals surface area (Å²) in [6.45, 7) is 0.292. The minimum Gasteiger partial charge on any atom is -0.493 e. The summed E-state index contributed by atoms with van der Waals surface area (Å²) in [5, 5.41) is 11.7. The highest BCUT2D eigenvalue weighted by Gasteiger charge is 2.06. The number of carbonyl (C=O) groups is 1. The average molecular weight is 392 g/mol. The van der Waals surface area contributed by atoms with Crippen molar-refractivity contribution >= 4 is 34.2 Å². The number of ether oxygens (including phenoxy) is 1. The van der Waals surface area contributed by atoms with Crippen LogP contribution in [-0.2, 0) is 4.79 Å². The number of para-hydroxylation sites is 1. The van der Waals surface area contributed by atoms with Crippen molar-refractivity contribution in [1.82, 2.24) is 0 Å². The maximum Gasteiger partial charge on any atom is 0.227 e. The second kappa shape index (κ2) is 7.64. The summed E-state index contributed by atoms with van der Waals surface area (Å²) in [6.07, 6.45) is 0.227. The van der Waals surface area contributed by atoms with E-state index in [1.165, 1.54) is 0 Å². The molecule has 4 nitrogen and oxygen atoms in total. The van der Waals surface area contributed by atoms with Crippen LogP contribution in [0.1, 0.15) is 12.0 Å². The van der Waals surface area contributed by atoms with E-state index >= 15 is 0 Å². The lowest BCUT2D eigenvalue weighted by Crippen LogP contribution is -2.15. The number of benzene rings is 2. The molecule has 0 spiro atoms. The Kier molecular flexibility index (Phi) is 5.58. The molecule has 21 heavy (non-hydrogen) atoms. The lowest BCUT2D eigenvalue weighted by Gasteiger charge is -2.08. The Balaban J connectivity index is 1.84. The molecule has 1 N–H and O–H groups in total. The summed E-state index contributed by atoms with van der Waals surface area (Å²) >= 11 is 2.20. The van der Waals surface area contributed by atoms with Gasteiger partial charge in [-0.05, 0) is 52.9 Å². The Morgan fingerprint density at radius 1 is 1.24 bits per heavy atom. The summed E-state index contributed by atoms with van der Waals surface area (Å²) in [4.78, 5) is 11.8. The van der Waals surface area contributed by atoms with Gasteiger partial charge in [-0.15, -0.1) is 0 Å². The average Bonchev–Trinajstić information content (AvgIpc) is 2.48. The van der Waals surface area contributed by atoms with Crippen LogP contribution in [0, 0.1) is 14.9 Å². The van der Waals surface area contributed by atoms with Gasteiger partial charge < -0.3 is 10.1 Å². The van der Waals surface area contributed by atoms with Crippen molar-refractivity contribution in [3.05, 3.63) is 57.7 Å². The SMILES string of the molecule is N#Cc1ccccc1NC(=O)CCOc1cccc(I)c1. The number of rotatable bonds is 5. The standard InChI is InChI=1S/C16H13IN2O2/c17-13-5-3-6-14(10-13)21-9-8-16(20)19-15-7-2-1-4-12(15)11-18/h1-7,10H,8-9H2,(H,19,20). The monoisotopic (exact) mass is 392 g/mol. The number of carbonyl (C=O) groups excluding carboxylic acids is 1. The molecule has 5 heteroatoms. The van der Waals surface area contributed by atoms with Crippen molar-refractivity contribution in [2.24, 2.45) is 0 Å². The third-order valence-corrected chi connectivity index (χ3v) is 3.39. The maximum absolute atomic E-state index is 11.8. The Hall–Kier alpha value is -2.07. The van der Waals surface area contributed by atoms with Crippen LogP contribution in [0.25, 0.3) is 0 Å². The quantitative estimate of drug-likeness (QED) is 0.792. The molecule has 1 amide bonds. The molecule has 2 aromatic rings. The Morgan fingerprint density at radius 3 is 2.81 bits per heavy atom. The molecule has 2 aromatic carbocycles. The predicted molar refractivity (Wildman–Crippen MR) is 89.1 cm³/mol. The molecule has 0 bridgehead atoms. The van der Waals surface area contributed by atoms with Crippen LogP contribution < -0.4 is 10.1 Å². The number of nitrogens with zero attached hydrogens (tertiary/aromatic N) is 1. The molecule has 0 heterocycles. The van der Waals surface area contributed by atoms with Crippen molar-refractivity contribution in [2.75, 3.05) is 11.9 Å². The molecule has 0 atom stereocenters. The van der Waals surface area contributed by atoms with Gasteiger partial charge in [0.1, 0.15) is 11.8 Å². The molecular weight excluding hydrogens is 379 g/mol. The van der Waals surface area contributed by atoms with E-state index in [-0.39, 0.29) is 12.3 Å². The third-order valence-electron chi connectivity index (χ3n) is 2.72. The lowest BCUT2D eigenvalue weighted by molar-refractivity contribution is -0.116. The summed E-state index contributed by atoms with van der Waals surface area (Å²) in [5.41, 5.74) is 0.976. The van der Waals surface area contributed by atoms with Crippen molar-refractivity contribution in [1.29, 1.82) is 5.26 Å². The molecule has 0 saturated heterocycles. The van der Waals surface area contributed by atoms with Crippen LogP contribution in [0.3, 0.4) is 0 Å². The van der Waals surface area contributed by atoms with Gasteiger partial charge in [-0.25, -0.2) is 0 Å². The van der Waals surface area contributed by atoms with E-state index in [0.29, 0.717) is 17.9 Å². The van der Waals surface area contributed by atoms with Crippen molar-refractivity contribution in [3.63, 3.8) is 0 Å². The van der Waals surface area contributed by atoms with E-state index in [0.717, 1.165) is 9.32 Å². The first kappa shape index (κ1) is 15.3. The number of nitrogens with one attached hydrogen (secondary N) is 1. The number of halogens is 1. The van der Waals surface area contributed by atoms with Gasteiger partial charge in [0.25, 0.3) is 0 Å². The minimum absolute atomic E-state index is 0.177. The Bertz CT molecular complexity index is 680. The van der Waals surface area contributed by atoms with Gasteiger partial charge in [-0.3, -0.25) is 4.79 Å². The van der Waals surface area contributed by atoms with Crippen molar-refractivity contribution < 1.29 is 9.53 Å². The van der Waals surface area contributed by atoms with Gasteiger partial charge in [0, 0.05) is 3.57 Å². The zero-order valence-electron chi connectivity index (χ0n) is 11.2. The van der Waals surface area contributed by atoms with Gasteiger partial charge in [-0.2, -0.15) is 5.26 Å². The van der Waals surface area contributed by atoms with Crippen molar-refractivity contribution in [2.45, 2.75) is 6.42 Å². The van der Waals surface area contributed by atoms with E-state index in [4.69, 9.17) is 10.00 Å². The van der Waals surface area contributed by atoms with E-state index in [1.807, 2.05) is 30.3 Å². The first-order chi connectivity index (χ1) is 10.2. The van der Waals surface area contributed by atoms with Crippen LogP contribution in [0.5, 0.6) is 5.75 Å². The second-order valence-corrected chi connectivity index (χ2v) is 5.51. The number of amides is 1. The number of hydrogen-bond donors (Lipinski definition) is 1. The van der Waals surface area contributed by atoms with Crippen LogP contribution >= 0.6 is 22.6 Å². The molecule has 106 valence electrons. The molecule has 0 aliphatic heterocycles. The van der Waals surface area contributed by atoms with Crippen LogP contribution in [0.4, 0.5) is 5.69 Å². The first-order valence-corrected chi connectivity index (χ1v) is 7.44. The Labute approximate surface area is 136 Å². The van der Waals surface area contributed by atoms with Gasteiger partial charge in [0.2, 0.25) is 5.91 Å². The molecule has 0 radical (unpaired) electrons. The molecule has 0 aliphatic carbocycles. The molecule has 2 rings (SSSR count). The highest BCUT2D eigenvalue weighted by Crippen LogP contribution is 2.16. The van der Waals surface area contributed by atoms with Gasteiger partial charge in [-0.1, -0.05) is 18.2 Å². The maximum atomic E-state index is 11.8. The lowest BCUT2D eigenvalue weighted by atomic mass is 10.2. The van der Waals surface area contributed by atoms with Crippen LogP contribution in [0.2, 0.25) is 0 Å². The highest BCUT2D eigenvalue weighted by atomic mass is 127. The molecular formula is C16H13IN2O2. The van der Waals surface area contributed by atoms with Crippen LogP contribution in [-0.4, -0.2) is 12.5 Å². The number of nitriles is 1. The predicted octanol–water partition coefficient (Wildman–Crippen LogP) is 3.57. The summed E-state index contributed by atoms with van der Waals surface area (Å²) in [5.74, 6) is 0.565. The zero-order valence-corrected chi connectivity index (χ0v) is 13.3.